The van der Waals surface area contributed by atoms with Crippen LogP contribution >= 0.6 is 0 Å². The molecule has 9 nitrogen and oxygen atoms in total. The van der Waals surface area contributed by atoms with E-state index in [1.165, 1.54) is 12.0 Å². The average Bonchev–Trinajstić information content (AvgIpc) is 3.16. The van der Waals surface area contributed by atoms with E-state index in [0.29, 0.717) is 35.2 Å². The standard InChI is InChI=1S/C29H31N3O6/c1-4-16-38-24-12-8-21(9-13-24)30-27(33)18-26-28(34)32(22-10-14-23(36-2)15-11-22)29(35)31(26)19-20-6-5-7-25(17-20)37-3/h5-15,17,26H,4,16,18-19H2,1-3H3,(H,30,33). The number of nitrogens with one attached hydrogen (secondary N) is 1. The van der Waals surface area contributed by atoms with Gasteiger partial charge in [-0.3, -0.25) is 9.59 Å². The number of ether oxygens (including phenoxy) is 3. The molecule has 1 saturated heterocycles. The maximum atomic E-state index is 13.5. The molecule has 0 radical (unpaired) electrons. The van der Waals surface area contributed by atoms with Crippen molar-refractivity contribution in [1.82, 2.24) is 4.90 Å². The van der Waals surface area contributed by atoms with Crippen LogP contribution in [-0.2, 0) is 16.1 Å². The Morgan fingerprint density at radius 1 is 0.895 bits per heavy atom. The Morgan fingerprint density at radius 3 is 2.24 bits per heavy atom. The van der Waals surface area contributed by atoms with Crippen LogP contribution in [0.1, 0.15) is 25.3 Å². The van der Waals surface area contributed by atoms with Crippen LogP contribution in [0.15, 0.2) is 72.8 Å². The third-order valence-electron chi connectivity index (χ3n) is 6.13. The van der Waals surface area contributed by atoms with Gasteiger partial charge in [-0.25, -0.2) is 9.69 Å². The van der Waals surface area contributed by atoms with Crippen molar-refractivity contribution >= 4 is 29.2 Å². The lowest BCUT2D eigenvalue weighted by atomic mass is 10.1. The molecule has 1 N–H and O–H groups in total. The van der Waals surface area contributed by atoms with E-state index in [9.17, 15) is 14.4 Å². The molecule has 1 unspecified atom stereocenters. The molecule has 4 amide bonds. The predicted octanol–water partition coefficient (Wildman–Crippen LogP) is 4.86. The summed E-state index contributed by atoms with van der Waals surface area (Å²) in [6, 6.07) is 19.4. The summed E-state index contributed by atoms with van der Waals surface area (Å²) in [5, 5.41) is 2.82. The number of carbonyl (C=O) groups is 3. The number of rotatable bonds is 11. The maximum absolute atomic E-state index is 13.5. The molecule has 198 valence electrons. The molecule has 1 atom stereocenters. The van der Waals surface area contributed by atoms with Crippen molar-refractivity contribution < 1.29 is 28.6 Å². The molecule has 1 heterocycles. The van der Waals surface area contributed by atoms with Gasteiger partial charge in [0, 0.05) is 12.2 Å². The number of hydrogen-bond donors (Lipinski definition) is 1. The molecule has 0 aliphatic carbocycles. The first-order chi connectivity index (χ1) is 18.4. The number of amides is 4. The van der Waals surface area contributed by atoms with E-state index >= 15 is 0 Å². The van der Waals surface area contributed by atoms with E-state index < -0.39 is 18.0 Å². The number of urea groups is 1. The quantitative estimate of drug-likeness (QED) is 0.365. The van der Waals surface area contributed by atoms with E-state index in [0.717, 1.165) is 16.9 Å². The summed E-state index contributed by atoms with van der Waals surface area (Å²) < 4.78 is 16.1. The number of carbonyl (C=O) groups excluding carboxylic acids is 3. The lowest BCUT2D eigenvalue weighted by Gasteiger charge is -2.22. The fraction of sp³-hybridized carbons (Fsp3) is 0.276. The Hall–Kier alpha value is -4.53. The number of anilines is 2. The molecule has 4 rings (SSSR count). The topological polar surface area (TPSA) is 97.4 Å². The Labute approximate surface area is 221 Å². The van der Waals surface area contributed by atoms with Crippen molar-refractivity contribution in [3.63, 3.8) is 0 Å². The van der Waals surface area contributed by atoms with Gasteiger partial charge in [-0.15, -0.1) is 0 Å². The Morgan fingerprint density at radius 2 is 1.58 bits per heavy atom. The van der Waals surface area contributed by atoms with E-state index in [1.54, 1.807) is 67.8 Å². The molecule has 3 aromatic carbocycles. The van der Waals surface area contributed by atoms with Crippen LogP contribution < -0.4 is 24.4 Å². The summed E-state index contributed by atoms with van der Waals surface area (Å²) in [6.07, 6.45) is 0.696. The Balaban J connectivity index is 1.55. The van der Waals surface area contributed by atoms with Crippen LogP contribution in [0.4, 0.5) is 16.2 Å². The molecule has 0 saturated carbocycles. The fourth-order valence-electron chi connectivity index (χ4n) is 4.19. The zero-order valence-corrected chi connectivity index (χ0v) is 21.7. The molecule has 1 fully saturated rings. The third-order valence-corrected chi connectivity index (χ3v) is 6.13. The minimum absolute atomic E-state index is 0.135. The largest absolute Gasteiger partial charge is 0.497 e. The number of benzene rings is 3. The average molecular weight is 518 g/mol. The van der Waals surface area contributed by atoms with Gasteiger partial charge in [0.1, 0.15) is 23.3 Å². The number of hydrogen-bond acceptors (Lipinski definition) is 6. The van der Waals surface area contributed by atoms with Crippen molar-refractivity contribution in [2.45, 2.75) is 32.4 Å². The van der Waals surface area contributed by atoms with Gasteiger partial charge in [0.05, 0.1) is 32.9 Å². The van der Waals surface area contributed by atoms with Gasteiger partial charge in [0.15, 0.2) is 0 Å². The van der Waals surface area contributed by atoms with Gasteiger partial charge in [0.25, 0.3) is 5.91 Å². The van der Waals surface area contributed by atoms with E-state index in [2.05, 4.69) is 5.32 Å². The molecule has 0 spiro atoms. The summed E-state index contributed by atoms with van der Waals surface area (Å²) in [5.74, 6) is 1.09. The zero-order valence-electron chi connectivity index (χ0n) is 21.7. The van der Waals surface area contributed by atoms with E-state index in [4.69, 9.17) is 14.2 Å². The predicted molar refractivity (Wildman–Crippen MR) is 144 cm³/mol. The van der Waals surface area contributed by atoms with E-state index in [-0.39, 0.29) is 18.9 Å². The SMILES string of the molecule is CCCOc1ccc(NC(=O)CC2C(=O)N(c3ccc(OC)cc3)C(=O)N2Cc2cccc(OC)c2)cc1. The Bertz CT molecular complexity index is 1280. The summed E-state index contributed by atoms with van der Waals surface area (Å²) in [4.78, 5) is 42.6. The molecule has 9 heteroatoms. The molecule has 38 heavy (non-hydrogen) atoms. The fourth-order valence-corrected chi connectivity index (χ4v) is 4.19. The van der Waals surface area contributed by atoms with Crippen molar-refractivity contribution in [2.24, 2.45) is 0 Å². The second-order valence-corrected chi connectivity index (χ2v) is 8.77. The monoisotopic (exact) mass is 517 g/mol. The van der Waals surface area contributed by atoms with Crippen molar-refractivity contribution in [1.29, 1.82) is 0 Å². The maximum Gasteiger partial charge on any atom is 0.332 e. The highest BCUT2D eigenvalue weighted by molar-refractivity contribution is 6.22. The summed E-state index contributed by atoms with van der Waals surface area (Å²) >= 11 is 0. The minimum atomic E-state index is -0.983. The van der Waals surface area contributed by atoms with Crippen LogP contribution in [0.25, 0.3) is 0 Å². The summed E-state index contributed by atoms with van der Waals surface area (Å²) in [6.45, 7) is 2.77. The first kappa shape index (κ1) is 26.5. The van der Waals surface area contributed by atoms with Gasteiger partial charge in [-0.05, 0) is 72.6 Å². The van der Waals surface area contributed by atoms with Crippen LogP contribution in [0, 0.1) is 0 Å². The van der Waals surface area contributed by atoms with Crippen LogP contribution in [0.3, 0.4) is 0 Å². The second kappa shape index (κ2) is 12.1. The van der Waals surface area contributed by atoms with Gasteiger partial charge in [0.2, 0.25) is 5.91 Å². The third kappa shape index (κ3) is 6.05. The van der Waals surface area contributed by atoms with Crippen LogP contribution in [0.2, 0.25) is 0 Å². The van der Waals surface area contributed by atoms with Gasteiger partial charge >= 0.3 is 6.03 Å². The molecule has 0 bridgehead atoms. The lowest BCUT2D eigenvalue weighted by Crippen LogP contribution is -2.37. The minimum Gasteiger partial charge on any atom is -0.497 e. The zero-order chi connectivity index (χ0) is 27.1. The highest BCUT2D eigenvalue weighted by Crippen LogP contribution is 2.30. The van der Waals surface area contributed by atoms with Crippen LogP contribution in [0.5, 0.6) is 17.2 Å². The van der Waals surface area contributed by atoms with Crippen molar-refractivity contribution in [3.8, 4) is 17.2 Å². The Kier molecular flexibility index (Phi) is 8.47. The van der Waals surface area contributed by atoms with Crippen molar-refractivity contribution in [3.05, 3.63) is 78.4 Å². The molecule has 1 aliphatic rings. The molecule has 3 aromatic rings. The molecular formula is C29H31N3O6. The van der Waals surface area contributed by atoms with Crippen molar-refractivity contribution in [2.75, 3.05) is 31.0 Å². The molecule has 1 aliphatic heterocycles. The summed E-state index contributed by atoms with van der Waals surface area (Å²) in [5.41, 5.74) is 1.75. The second-order valence-electron chi connectivity index (χ2n) is 8.77. The number of imide groups is 1. The molecule has 0 aromatic heterocycles. The lowest BCUT2D eigenvalue weighted by molar-refractivity contribution is -0.124. The summed E-state index contributed by atoms with van der Waals surface area (Å²) in [7, 11) is 3.10. The normalized spacial score (nSPS) is 15.0. The number of methoxy groups -OCH3 is 2. The smallest absolute Gasteiger partial charge is 0.332 e. The first-order valence-corrected chi connectivity index (χ1v) is 12.4. The highest BCUT2D eigenvalue weighted by atomic mass is 16.5. The highest BCUT2D eigenvalue weighted by Gasteiger charge is 2.46. The van der Waals surface area contributed by atoms with Crippen LogP contribution in [-0.4, -0.2) is 49.6 Å². The van der Waals surface area contributed by atoms with Gasteiger partial charge in [-0.2, -0.15) is 0 Å². The van der Waals surface area contributed by atoms with Gasteiger partial charge in [-0.1, -0.05) is 19.1 Å². The van der Waals surface area contributed by atoms with Gasteiger partial charge < -0.3 is 24.4 Å². The molecular weight excluding hydrogens is 486 g/mol. The van der Waals surface area contributed by atoms with E-state index in [1.807, 2.05) is 19.1 Å². The number of nitrogens with zero attached hydrogens (tertiary/aromatic N) is 2. The first-order valence-electron chi connectivity index (χ1n) is 12.4.